The van der Waals surface area contributed by atoms with Crippen LogP contribution in [0.25, 0.3) is 0 Å². The van der Waals surface area contributed by atoms with Crippen molar-refractivity contribution in [2.75, 3.05) is 37.8 Å². The minimum absolute atomic E-state index is 0.251. The van der Waals surface area contributed by atoms with E-state index in [9.17, 15) is 4.39 Å². The molecule has 114 valence electrons. The third-order valence-electron chi connectivity index (χ3n) is 3.23. The van der Waals surface area contributed by atoms with Crippen LogP contribution in [0.5, 0.6) is 5.75 Å². The minimum atomic E-state index is -0.416. The van der Waals surface area contributed by atoms with Gasteiger partial charge < -0.3 is 20.7 Å². The lowest BCUT2D eigenvalue weighted by molar-refractivity contribution is 0.284. The Hall–Kier alpha value is -1.49. The Morgan fingerprint density at radius 1 is 1.40 bits per heavy atom. The number of halogens is 1. The van der Waals surface area contributed by atoms with Gasteiger partial charge in [0.25, 0.3) is 0 Å². The van der Waals surface area contributed by atoms with Gasteiger partial charge in [0.15, 0.2) is 11.6 Å². The van der Waals surface area contributed by atoms with Crippen molar-refractivity contribution in [2.24, 2.45) is 0 Å². The first-order chi connectivity index (χ1) is 9.45. The zero-order valence-electron chi connectivity index (χ0n) is 12.9. The van der Waals surface area contributed by atoms with Crippen molar-refractivity contribution in [1.29, 1.82) is 0 Å². The maximum Gasteiger partial charge on any atom is 0.167 e. The van der Waals surface area contributed by atoms with Gasteiger partial charge in [-0.15, -0.1) is 0 Å². The number of nitrogens with two attached hydrogens (primary N) is 1. The van der Waals surface area contributed by atoms with Gasteiger partial charge in [0.2, 0.25) is 0 Å². The van der Waals surface area contributed by atoms with E-state index in [1.165, 1.54) is 6.07 Å². The molecule has 0 radical (unpaired) electrons. The average molecular weight is 283 g/mol. The summed E-state index contributed by atoms with van der Waals surface area (Å²) in [5.74, 6) is -0.165. The van der Waals surface area contributed by atoms with E-state index in [0.29, 0.717) is 18.3 Å². The highest BCUT2D eigenvalue weighted by atomic mass is 19.1. The molecule has 1 rings (SSSR count). The van der Waals surface area contributed by atoms with Gasteiger partial charge in [-0.25, -0.2) is 4.39 Å². The molecule has 0 aromatic heterocycles. The van der Waals surface area contributed by atoms with Crippen LogP contribution < -0.4 is 15.8 Å². The molecule has 0 atom stereocenters. The first-order valence-corrected chi connectivity index (χ1v) is 7.11. The lowest BCUT2D eigenvalue weighted by atomic mass is 10.2. The number of nitrogen functional groups attached to an aromatic ring is 1. The molecule has 0 aliphatic carbocycles. The van der Waals surface area contributed by atoms with Gasteiger partial charge in [0, 0.05) is 31.3 Å². The molecule has 0 saturated carbocycles. The Balaban J connectivity index is 2.64. The Morgan fingerprint density at radius 2 is 2.10 bits per heavy atom. The molecule has 20 heavy (non-hydrogen) atoms. The summed E-state index contributed by atoms with van der Waals surface area (Å²) in [7, 11) is 2.07. The fourth-order valence-electron chi connectivity index (χ4n) is 1.67. The number of nitrogens with one attached hydrogen (secondary N) is 1. The molecule has 3 N–H and O–H groups in total. The van der Waals surface area contributed by atoms with E-state index in [1.54, 1.807) is 6.07 Å². The molecule has 0 fully saturated rings. The largest absolute Gasteiger partial charge is 0.490 e. The molecule has 0 bridgehead atoms. The molecule has 5 heteroatoms. The quantitative estimate of drug-likeness (QED) is 0.720. The highest BCUT2D eigenvalue weighted by molar-refractivity contribution is 5.68. The lowest BCUT2D eigenvalue weighted by Crippen LogP contribution is -2.31. The Kier molecular flexibility index (Phi) is 6.58. The summed E-state index contributed by atoms with van der Waals surface area (Å²) in [4.78, 5) is 2.22. The Labute approximate surface area is 121 Å². The summed E-state index contributed by atoms with van der Waals surface area (Å²) in [6.07, 6.45) is 0.839. The van der Waals surface area contributed by atoms with Gasteiger partial charge in [-0.1, -0.05) is 6.92 Å². The maximum atomic E-state index is 13.7. The van der Waals surface area contributed by atoms with Crippen molar-refractivity contribution >= 4 is 11.4 Å². The standard InChI is InChI=1S/C15H26FN3O/c1-5-8-20-15-10-14(13(17)9-12(15)16)18-6-7-19(4)11(2)3/h9-11,18H,5-8,17H2,1-4H3. The third-order valence-corrected chi connectivity index (χ3v) is 3.23. The van der Waals surface area contributed by atoms with Crippen LogP contribution in [0.3, 0.4) is 0 Å². The van der Waals surface area contributed by atoms with Crippen LogP contribution in [-0.4, -0.2) is 37.7 Å². The van der Waals surface area contributed by atoms with Crippen molar-refractivity contribution in [3.8, 4) is 5.75 Å². The van der Waals surface area contributed by atoms with Crippen molar-refractivity contribution in [3.63, 3.8) is 0 Å². The topological polar surface area (TPSA) is 50.5 Å². The van der Waals surface area contributed by atoms with Gasteiger partial charge >= 0.3 is 0 Å². The molecule has 1 aromatic carbocycles. The van der Waals surface area contributed by atoms with Crippen LogP contribution >= 0.6 is 0 Å². The SMILES string of the molecule is CCCOc1cc(NCCN(C)C(C)C)c(N)cc1F. The van der Waals surface area contributed by atoms with Crippen molar-refractivity contribution < 1.29 is 9.13 Å². The predicted molar refractivity (Wildman–Crippen MR) is 82.9 cm³/mol. The zero-order chi connectivity index (χ0) is 15.1. The number of rotatable bonds is 8. The van der Waals surface area contributed by atoms with Crippen LogP contribution in [0, 0.1) is 5.82 Å². The van der Waals surface area contributed by atoms with E-state index in [4.69, 9.17) is 10.5 Å². The summed E-state index contributed by atoms with van der Waals surface area (Å²) in [5.41, 5.74) is 6.94. The average Bonchev–Trinajstić information content (AvgIpc) is 2.39. The number of ether oxygens (including phenoxy) is 1. The lowest BCUT2D eigenvalue weighted by Gasteiger charge is -2.21. The monoisotopic (exact) mass is 283 g/mol. The number of nitrogens with zero attached hydrogens (tertiary/aromatic N) is 1. The number of benzene rings is 1. The molecule has 4 nitrogen and oxygen atoms in total. The minimum Gasteiger partial charge on any atom is -0.490 e. The molecule has 0 spiro atoms. The van der Waals surface area contributed by atoms with E-state index < -0.39 is 5.82 Å². The Bertz CT molecular complexity index is 424. The van der Waals surface area contributed by atoms with Gasteiger partial charge in [-0.3, -0.25) is 0 Å². The third kappa shape index (κ3) is 4.89. The first-order valence-electron chi connectivity index (χ1n) is 7.11. The number of likely N-dealkylation sites (N-methyl/N-ethyl adjacent to an activating group) is 1. The Morgan fingerprint density at radius 3 is 2.70 bits per heavy atom. The normalized spacial score (nSPS) is 11.2. The predicted octanol–water partition coefficient (Wildman–Crippen LogP) is 2.95. The molecule has 0 heterocycles. The van der Waals surface area contributed by atoms with Crippen molar-refractivity contribution in [2.45, 2.75) is 33.2 Å². The van der Waals surface area contributed by atoms with Gasteiger partial charge in [-0.05, 0) is 27.3 Å². The highest BCUT2D eigenvalue weighted by Crippen LogP contribution is 2.28. The van der Waals surface area contributed by atoms with E-state index in [2.05, 4.69) is 31.1 Å². The van der Waals surface area contributed by atoms with E-state index in [0.717, 1.165) is 25.2 Å². The number of hydrogen-bond donors (Lipinski definition) is 2. The first kappa shape index (κ1) is 16.6. The van der Waals surface area contributed by atoms with Crippen LogP contribution in [0.2, 0.25) is 0 Å². The van der Waals surface area contributed by atoms with Crippen molar-refractivity contribution in [3.05, 3.63) is 17.9 Å². The van der Waals surface area contributed by atoms with E-state index >= 15 is 0 Å². The van der Waals surface area contributed by atoms with Gasteiger partial charge in [-0.2, -0.15) is 0 Å². The highest BCUT2D eigenvalue weighted by Gasteiger charge is 2.09. The second-order valence-corrected chi connectivity index (χ2v) is 5.22. The molecule has 0 aliphatic heterocycles. The molecular weight excluding hydrogens is 257 g/mol. The molecular formula is C15H26FN3O. The van der Waals surface area contributed by atoms with Crippen LogP contribution in [0.4, 0.5) is 15.8 Å². The van der Waals surface area contributed by atoms with Gasteiger partial charge in [0.1, 0.15) is 0 Å². The fraction of sp³-hybridized carbons (Fsp3) is 0.600. The smallest absolute Gasteiger partial charge is 0.167 e. The number of hydrogen-bond acceptors (Lipinski definition) is 4. The molecule has 0 amide bonds. The van der Waals surface area contributed by atoms with Crippen LogP contribution in [0.15, 0.2) is 12.1 Å². The number of anilines is 2. The molecule has 0 unspecified atom stereocenters. The van der Waals surface area contributed by atoms with Crippen LogP contribution in [-0.2, 0) is 0 Å². The van der Waals surface area contributed by atoms with Crippen molar-refractivity contribution in [1.82, 2.24) is 4.90 Å². The summed E-state index contributed by atoms with van der Waals surface area (Å²) >= 11 is 0. The molecule has 0 aliphatic rings. The maximum absolute atomic E-state index is 13.7. The van der Waals surface area contributed by atoms with E-state index in [-0.39, 0.29) is 5.75 Å². The van der Waals surface area contributed by atoms with Crippen LogP contribution in [0.1, 0.15) is 27.2 Å². The summed E-state index contributed by atoms with van der Waals surface area (Å²) in [6, 6.07) is 3.43. The second kappa shape index (κ2) is 7.94. The molecule has 1 aromatic rings. The van der Waals surface area contributed by atoms with Gasteiger partial charge in [0.05, 0.1) is 18.0 Å². The summed E-state index contributed by atoms with van der Waals surface area (Å²) in [6.45, 7) is 8.40. The summed E-state index contributed by atoms with van der Waals surface area (Å²) < 4.78 is 19.0. The zero-order valence-corrected chi connectivity index (χ0v) is 12.9. The molecule has 0 saturated heterocycles. The van der Waals surface area contributed by atoms with E-state index in [1.807, 2.05) is 6.92 Å². The fourth-order valence-corrected chi connectivity index (χ4v) is 1.67. The second-order valence-electron chi connectivity index (χ2n) is 5.22. The summed E-state index contributed by atoms with van der Waals surface area (Å²) in [5, 5.41) is 3.23.